The topological polar surface area (TPSA) is 38.7 Å². The summed E-state index contributed by atoms with van der Waals surface area (Å²) in [5, 5.41) is 0.604. The number of esters is 1. The molecule has 0 radical (unpaired) electrons. The van der Waals surface area contributed by atoms with Gasteiger partial charge in [0.2, 0.25) is 0 Å². The molecule has 0 fully saturated rings. The van der Waals surface area contributed by atoms with Gasteiger partial charge >= 0.3 is 5.97 Å². The molecule has 0 bridgehead atoms. The minimum Gasteiger partial charge on any atom is -0.467 e. The van der Waals surface area contributed by atoms with Gasteiger partial charge in [0.25, 0.3) is 0 Å². The Kier molecular flexibility index (Phi) is 5.82. The molecule has 3 rings (SSSR count). The lowest BCUT2D eigenvalue weighted by molar-refractivity contribution is -0.142. The fourth-order valence-electron chi connectivity index (χ4n) is 2.66. The van der Waals surface area contributed by atoms with Crippen LogP contribution in [0.4, 0.5) is 0 Å². The van der Waals surface area contributed by atoms with Gasteiger partial charge in [0.1, 0.15) is 0 Å². The third kappa shape index (κ3) is 4.19. The molecule has 0 aliphatic heterocycles. The van der Waals surface area contributed by atoms with E-state index in [0.29, 0.717) is 5.02 Å². The second-order valence-corrected chi connectivity index (χ2v) is 6.12. The van der Waals surface area contributed by atoms with Crippen molar-refractivity contribution >= 4 is 23.3 Å². The van der Waals surface area contributed by atoms with E-state index in [-0.39, 0.29) is 0 Å². The molecule has 0 aliphatic rings. The molecule has 0 spiro atoms. The van der Waals surface area contributed by atoms with Crippen molar-refractivity contribution in [3.8, 4) is 0 Å². The number of aliphatic imine (C=N–C) groups is 1. The summed E-state index contributed by atoms with van der Waals surface area (Å²) in [4.78, 5) is 17.2. The first-order valence-corrected chi connectivity index (χ1v) is 8.59. The molecular formula is C22H18ClNO2. The predicted octanol–water partition coefficient (Wildman–Crippen LogP) is 5.09. The zero-order valence-electron chi connectivity index (χ0n) is 14.3. The number of carbonyl (C=O) groups excluding carboxylic acids is 1. The first-order valence-electron chi connectivity index (χ1n) is 8.21. The lowest BCUT2D eigenvalue weighted by atomic mass is 10.0. The summed E-state index contributed by atoms with van der Waals surface area (Å²) in [5.74, 6) is -0.420. The molecule has 4 heteroatoms. The van der Waals surface area contributed by atoms with Gasteiger partial charge in [-0.1, -0.05) is 84.4 Å². The number of methoxy groups -OCH3 is 1. The van der Waals surface area contributed by atoms with Crippen molar-refractivity contribution < 1.29 is 9.53 Å². The Labute approximate surface area is 157 Å². The molecule has 3 nitrogen and oxygen atoms in total. The Balaban J connectivity index is 2.14. The van der Waals surface area contributed by atoms with E-state index < -0.39 is 12.0 Å². The minimum absolute atomic E-state index is 0.420. The highest BCUT2D eigenvalue weighted by molar-refractivity contribution is 6.30. The fraction of sp³-hybridized carbons (Fsp3) is 0.0909. The van der Waals surface area contributed by atoms with Crippen LogP contribution in [0.5, 0.6) is 0 Å². The maximum atomic E-state index is 12.4. The average molecular weight is 364 g/mol. The predicted molar refractivity (Wildman–Crippen MR) is 105 cm³/mol. The first-order chi connectivity index (χ1) is 12.7. The zero-order chi connectivity index (χ0) is 18.4. The van der Waals surface area contributed by atoms with Crippen molar-refractivity contribution in [1.82, 2.24) is 0 Å². The molecule has 1 atom stereocenters. The average Bonchev–Trinajstić information content (AvgIpc) is 2.70. The van der Waals surface area contributed by atoms with Crippen LogP contribution in [-0.2, 0) is 9.53 Å². The van der Waals surface area contributed by atoms with Crippen LogP contribution in [0.25, 0.3) is 0 Å². The molecule has 3 aromatic carbocycles. The summed E-state index contributed by atoms with van der Waals surface area (Å²) in [7, 11) is 1.37. The summed E-state index contributed by atoms with van der Waals surface area (Å²) in [6.07, 6.45) is 0. The number of nitrogens with zero attached hydrogens (tertiary/aromatic N) is 1. The smallest absolute Gasteiger partial charge is 0.335 e. The normalized spacial score (nSPS) is 11.5. The van der Waals surface area contributed by atoms with Gasteiger partial charge in [-0.05, 0) is 17.7 Å². The fourth-order valence-corrected chi connectivity index (χ4v) is 2.78. The molecule has 0 aliphatic carbocycles. The molecule has 0 amide bonds. The van der Waals surface area contributed by atoms with Crippen LogP contribution in [0.2, 0.25) is 5.02 Å². The Bertz CT molecular complexity index is 849. The van der Waals surface area contributed by atoms with E-state index >= 15 is 0 Å². The van der Waals surface area contributed by atoms with E-state index in [0.717, 1.165) is 22.4 Å². The standard InChI is InChI=1S/C22H18ClNO2/c1-26-22(25)21(18-12-14-19(23)15-13-18)24-20(16-8-4-2-5-9-16)17-10-6-3-7-11-17/h2-15,21H,1H3. The Morgan fingerprint density at radius 1 is 0.846 bits per heavy atom. The van der Waals surface area contributed by atoms with Crippen molar-refractivity contribution in [2.45, 2.75) is 6.04 Å². The molecule has 0 saturated heterocycles. The van der Waals surface area contributed by atoms with Crippen molar-refractivity contribution in [3.63, 3.8) is 0 Å². The van der Waals surface area contributed by atoms with Gasteiger partial charge < -0.3 is 4.74 Å². The van der Waals surface area contributed by atoms with E-state index in [4.69, 9.17) is 21.3 Å². The molecule has 1 unspecified atom stereocenters. The Morgan fingerprint density at radius 3 is 1.81 bits per heavy atom. The number of rotatable bonds is 5. The maximum Gasteiger partial charge on any atom is 0.335 e. The maximum absolute atomic E-state index is 12.4. The van der Waals surface area contributed by atoms with Crippen LogP contribution in [0.1, 0.15) is 22.7 Å². The van der Waals surface area contributed by atoms with Crippen molar-refractivity contribution in [1.29, 1.82) is 0 Å². The molecule has 0 N–H and O–H groups in total. The number of halogens is 1. The summed E-state index contributed by atoms with van der Waals surface area (Å²) < 4.78 is 4.99. The second kappa shape index (κ2) is 8.45. The number of hydrogen-bond donors (Lipinski definition) is 0. The van der Waals surface area contributed by atoms with Crippen molar-refractivity contribution in [3.05, 3.63) is 107 Å². The van der Waals surface area contributed by atoms with Gasteiger partial charge in [0.05, 0.1) is 12.8 Å². The van der Waals surface area contributed by atoms with Crippen LogP contribution < -0.4 is 0 Å². The van der Waals surface area contributed by atoms with Crippen molar-refractivity contribution in [2.24, 2.45) is 4.99 Å². The quantitative estimate of drug-likeness (QED) is 0.467. The largest absolute Gasteiger partial charge is 0.467 e. The number of hydrogen-bond acceptors (Lipinski definition) is 3. The van der Waals surface area contributed by atoms with Gasteiger partial charge in [0.15, 0.2) is 6.04 Å². The van der Waals surface area contributed by atoms with E-state index in [1.54, 1.807) is 24.3 Å². The molecule has 26 heavy (non-hydrogen) atoms. The highest BCUT2D eigenvalue weighted by Gasteiger charge is 2.22. The van der Waals surface area contributed by atoms with Crippen LogP contribution in [0, 0.1) is 0 Å². The van der Waals surface area contributed by atoms with E-state index in [2.05, 4.69) is 0 Å². The van der Waals surface area contributed by atoms with E-state index in [9.17, 15) is 4.79 Å². The molecule has 0 heterocycles. The van der Waals surface area contributed by atoms with Crippen LogP contribution in [0.15, 0.2) is 89.9 Å². The summed E-state index contributed by atoms with van der Waals surface area (Å²) in [6, 6.07) is 25.9. The molecule has 0 aromatic heterocycles. The summed E-state index contributed by atoms with van der Waals surface area (Å²) in [6.45, 7) is 0. The third-order valence-corrected chi connectivity index (χ3v) is 4.21. The first kappa shape index (κ1) is 17.9. The highest BCUT2D eigenvalue weighted by Crippen LogP contribution is 2.24. The van der Waals surface area contributed by atoms with Gasteiger partial charge in [-0.2, -0.15) is 0 Å². The van der Waals surface area contributed by atoms with Crippen LogP contribution >= 0.6 is 11.6 Å². The Morgan fingerprint density at radius 2 is 1.35 bits per heavy atom. The van der Waals surface area contributed by atoms with Gasteiger partial charge in [0, 0.05) is 16.1 Å². The number of benzene rings is 3. The third-order valence-electron chi connectivity index (χ3n) is 3.96. The van der Waals surface area contributed by atoms with Gasteiger partial charge in [-0.15, -0.1) is 0 Å². The number of carbonyl (C=O) groups is 1. The lowest BCUT2D eigenvalue weighted by Gasteiger charge is -2.15. The van der Waals surface area contributed by atoms with Crippen molar-refractivity contribution in [2.75, 3.05) is 7.11 Å². The monoisotopic (exact) mass is 363 g/mol. The molecule has 3 aromatic rings. The minimum atomic E-state index is -0.771. The van der Waals surface area contributed by atoms with Crippen LogP contribution in [0.3, 0.4) is 0 Å². The van der Waals surface area contributed by atoms with Crippen LogP contribution in [-0.4, -0.2) is 18.8 Å². The summed E-state index contributed by atoms with van der Waals surface area (Å²) in [5.41, 5.74) is 3.32. The van der Waals surface area contributed by atoms with E-state index in [1.165, 1.54) is 7.11 Å². The van der Waals surface area contributed by atoms with Gasteiger partial charge in [-0.3, -0.25) is 4.99 Å². The lowest BCUT2D eigenvalue weighted by Crippen LogP contribution is -2.16. The molecule has 130 valence electrons. The number of ether oxygens (including phenoxy) is 1. The molecule has 0 saturated carbocycles. The summed E-state index contributed by atoms with van der Waals surface area (Å²) >= 11 is 5.98. The Hall–Kier alpha value is -2.91. The molecular weight excluding hydrogens is 346 g/mol. The highest BCUT2D eigenvalue weighted by atomic mass is 35.5. The SMILES string of the molecule is COC(=O)C(N=C(c1ccccc1)c1ccccc1)c1ccc(Cl)cc1. The second-order valence-electron chi connectivity index (χ2n) is 5.69. The van der Waals surface area contributed by atoms with E-state index in [1.807, 2.05) is 60.7 Å². The van der Waals surface area contributed by atoms with Gasteiger partial charge in [-0.25, -0.2) is 4.79 Å². The zero-order valence-corrected chi connectivity index (χ0v) is 15.1.